The molecule has 0 bridgehead atoms. The molecule has 5 nitrogen and oxygen atoms in total. The molecule has 0 aliphatic carbocycles. The lowest BCUT2D eigenvalue weighted by Crippen LogP contribution is -2.26. The predicted molar refractivity (Wildman–Crippen MR) is 77.9 cm³/mol. The van der Waals surface area contributed by atoms with E-state index in [-0.39, 0.29) is 12.3 Å². The number of likely N-dealkylation sites (N-methyl/N-ethyl adjacent to an activating group) is 1. The summed E-state index contributed by atoms with van der Waals surface area (Å²) < 4.78 is 0. The van der Waals surface area contributed by atoms with Crippen LogP contribution in [0.2, 0.25) is 0 Å². The van der Waals surface area contributed by atoms with Crippen molar-refractivity contribution in [3.8, 4) is 0 Å². The number of carbonyl (C=O) groups is 2. The number of nitrogens with one attached hydrogen (secondary N) is 2. The highest BCUT2D eigenvalue weighted by molar-refractivity contribution is 5.95. The summed E-state index contributed by atoms with van der Waals surface area (Å²) in [5, 5.41) is 14.4. The number of benzene rings is 1. The molecular weight excluding hydrogens is 256 g/mol. The lowest BCUT2D eigenvalue weighted by atomic mass is 10.0. The topological polar surface area (TPSA) is 78.4 Å². The van der Waals surface area contributed by atoms with Crippen LogP contribution in [0.25, 0.3) is 0 Å². The van der Waals surface area contributed by atoms with Crippen LogP contribution in [0.15, 0.2) is 24.3 Å². The molecule has 20 heavy (non-hydrogen) atoms. The number of rotatable bonds is 9. The van der Waals surface area contributed by atoms with E-state index in [0.717, 1.165) is 18.5 Å². The Hall–Kier alpha value is -1.88. The third-order valence-corrected chi connectivity index (χ3v) is 3.01. The zero-order chi connectivity index (χ0) is 14.8. The van der Waals surface area contributed by atoms with Gasteiger partial charge in [-0.05, 0) is 44.5 Å². The lowest BCUT2D eigenvalue weighted by Gasteiger charge is -2.10. The average molecular weight is 278 g/mol. The van der Waals surface area contributed by atoms with Crippen molar-refractivity contribution in [1.82, 2.24) is 10.6 Å². The zero-order valence-corrected chi connectivity index (χ0v) is 11.8. The fourth-order valence-corrected chi connectivity index (χ4v) is 1.92. The van der Waals surface area contributed by atoms with Gasteiger partial charge < -0.3 is 15.7 Å². The fourth-order valence-electron chi connectivity index (χ4n) is 1.92. The summed E-state index contributed by atoms with van der Waals surface area (Å²) in [5.74, 6) is -0.888. The van der Waals surface area contributed by atoms with E-state index in [1.54, 1.807) is 0 Å². The second-order valence-corrected chi connectivity index (χ2v) is 4.62. The first kappa shape index (κ1) is 16.2. The number of aliphatic carboxylic acids is 1. The number of hydrogen-bond acceptors (Lipinski definition) is 3. The molecule has 0 atom stereocenters. The Morgan fingerprint density at radius 2 is 1.90 bits per heavy atom. The summed E-state index contributed by atoms with van der Waals surface area (Å²) in [4.78, 5) is 22.4. The van der Waals surface area contributed by atoms with Gasteiger partial charge in [-0.25, -0.2) is 0 Å². The first-order valence-corrected chi connectivity index (χ1v) is 6.87. The summed E-state index contributed by atoms with van der Waals surface area (Å²) in [6, 6.07) is 7.55. The summed E-state index contributed by atoms with van der Waals surface area (Å²) in [6.07, 6.45) is 2.21. The highest BCUT2D eigenvalue weighted by atomic mass is 16.4. The molecule has 0 unspecified atom stereocenters. The van der Waals surface area contributed by atoms with Crippen LogP contribution in [-0.2, 0) is 11.2 Å². The predicted octanol–water partition coefficient (Wildman–Crippen LogP) is 1.43. The van der Waals surface area contributed by atoms with E-state index < -0.39 is 5.97 Å². The molecular formula is C15H22N2O3. The van der Waals surface area contributed by atoms with E-state index in [2.05, 4.69) is 10.6 Å². The van der Waals surface area contributed by atoms with Crippen LogP contribution in [0, 0.1) is 0 Å². The molecule has 0 heterocycles. The molecule has 0 saturated heterocycles. The van der Waals surface area contributed by atoms with Gasteiger partial charge in [0.15, 0.2) is 0 Å². The summed E-state index contributed by atoms with van der Waals surface area (Å²) >= 11 is 0. The maximum Gasteiger partial charge on any atom is 0.303 e. The van der Waals surface area contributed by atoms with E-state index in [9.17, 15) is 9.59 Å². The van der Waals surface area contributed by atoms with Crippen molar-refractivity contribution < 1.29 is 14.7 Å². The van der Waals surface area contributed by atoms with Crippen LogP contribution in [0.1, 0.15) is 35.2 Å². The Balaban J connectivity index is 2.44. The van der Waals surface area contributed by atoms with Crippen molar-refractivity contribution in [2.75, 3.05) is 20.1 Å². The number of carboxylic acids is 1. The fraction of sp³-hybridized carbons (Fsp3) is 0.467. The highest BCUT2D eigenvalue weighted by Gasteiger charge is 2.09. The normalized spacial score (nSPS) is 10.2. The van der Waals surface area contributed by atoms with E-state index >= 15 is 0 Å². The molecule has 110 valence electrons. The molecule has 0 saturated carbocycles. The highest BCUT2D eigenvalue weighted by Crippen LogP contribution is 2.09. The minimum absolute atomic E-state index is 0.0907. The second kappa shape index (κ2) is 9.09. The molecule has 0 aliphatic rings. The monoisotopic (exact) mass is 278 g/mol. The van der Waals surface area contributed by atoms with Crippen LogP contribution in [0.5, 0.6) is 0 Å². The van der Waals surface area contributed by atoms with Crippen LogP contribution in [-0.4, -0.2) is 37.1 Å². The number of unbranched alkanes of at least 4 members (excludes halogenated alkanes) is 1. The van der Waals surface area contributed by atoms with Crippen molar-refractivity contribution in [3.63, 3.8) is 0 Å². The van der Waals surface area contributed by atoms with Gasteiger partial charge in [0.25, 0.3) is 5.91 Å². The lowest BCUT2D eigenvalue weighted by molar-refractivity contribution is -0.137. The number of carbonyl (C=O) groups excluding carboxylic acids is 1. The number of carboxylic acid groups (broad SMARTS) is 1. The van der Waals surface area contributed by atoms with E-state index in [4.69, 9.17) is 5.11 Å². The largest absolute Gasteiger partial charge is 0.481 e. The molecule has 0 aromatic heterocycles. The quantitative estimate of drug-likeness (QED) is 0.597. The summed E-state index contributed by atoms with van der Waals surface area (Å²) in [5.41, 5.74) is 1.71. The van der Waals surface area contributed by atoms with Gasteiger partial charge in [-0.1, -0.05) is 18.2 Å². The smallest absolute Gasteiger partial charge is 0.303 e. The number of amides is 1. The maximum absolute atomic E-state index is 12.1. The van der Waals surface area contributed by atoms with Gasteiger partial charge in [0, 0.05) is 18.5 Å². The molecule has 3 N–H and O–H groups in total. The van der Waals surface area contributed by atoms with Crippen molar-refractivity contribution in [2.45, 2.75) is 25.7 Å². The Morgan fingerprint density at radius 1 is 1.15 bits per heavy atom. The number of hydrogen-bond donors (Lipinski definition) is 3. The Morgan fingerprint density at radius 3 is 2.60 bits per heavy atom. The Bertz CT molecular complexity index is 446. The first-order chi connectivity index (χ1) is 9.65. The van der Waals surface area contributed by atoms with Crippen molar-refractivity contribution in [1.29, 1.82) is 0 Å². The van der Waals surface area contributed by atoms with Crippen LogP contribution < -0.4 is 10.6 Å². The third-order valence-electron chi connectivity index (χ3n) is 3.01. The van der Waals surface area contributed by atoms with Gasteiger partial charge in [0.1, 0.15) is 0 Å². The molecule has 0 radical (unpaired) electrons. The molecule has 1 aromatic carbocycles. The van der Waals surface area contributed by atoms with Gasteiger partial charge >= 0.3 is 5.97 Å². The summed E-state index contributed by atoms with van der Waals surface area (Å²) in [6.45, 7) is 1.33. The zero-order valence-electron chi connectivity index (χ0n) is 11.8. The van der Waals surface area contributed by atoms with Gasteiger partial charge in [-0.3, -0.25) is 9.59 Å². The van der Waals surface area contributed by atoms with Crippen molar-refractivity contribution >= 4 is 11.9 Å². The minimum atomic E-state index is -0.797. The maximum atomic E-state index is 12.1. The van der Waals surface area contributed by atoms with Crippen LogP contribution >= 0.6 is 0 Å². The molecule has 1 amide bonds. The average Bonchev–Trinajstić information content (AvgIpc) is 2.44. The molecule has 0 aliphatic heterocycles. The third kappa shape index (κ3) is 5.84. The Kier molecular flexibility index (Phi) is 7.35. The van der Waals surface area contributed by atoms with Gasteiger partial charge in [-0.2, -0.15) is 0 Å². The standard InChI is InChI=1S/C15H22N2O3/c1-16-11-9-12-6-2-3-7-13(12)15(20)17-10-5-4-8-14(18)19/h2-3,6-7,16H,4-5,8-11H2,1H3,(H,17,20)(H,18,19). The first-order valence-electron chi connectivity index (χ1n) is 6.87. The Labute approximate surface area is 119 Å². The molecule has 5 heteroatoms. The van der Waals surface area contributed by atoms with Gasteiger partial charge in [0.05, 0.1) is 0 Å². The van der Waals surface area contributed by atoms with Gasteiger partial charge in [-0.15, -0.1) is 0 Å². The SMILES string of the molecule is CNCCc1ccccc1C(=O)NCCCCC(=O)O. The van der Waals surface area contributed by atoms with Crippen molar-refractivity contribution in [2.24, 2.45) is 0 Å². The molecule has 0 fully saturated rings. The van der Waals surface area contributed by atoms with Gasteiger partial charge in [0.2, 0.25) is 0 Å². The van der Waals surface area contributed by atoms with Crippen LogP contribution in [0.3, 0.4) is 0 Å². The van der Waals surface area contributed by atoms with Crippen molar-refractivity contribution in [3.05, 3.63) is 35.4 Å². The van der Waals surface area contributed by atoms with E-state index in [0.29, 0.717) is 24.9 Å². The molecule has 1 rings (SSSR count). The molecule has 0 spiro atoms. The molecule has 1 aromatic rings. The second-order valence-electron chi connectivity index (χ2n) is 4.62. The summed E-state index contributed by atoms with van der Waals surface area (Å²) in [7, 11) is 1.88. The van der Waals surface area contributed by atoms with E-state index in [1.165, 1.54) is 0 Å². The van der Waals surface area contributed by atoms with E-state index in [1.807, 2.05) is 31.3 Å². The minimum Gasteiger partial charge on any atom is -0.481 e. The van der Waals surface area contributed by atoms with Crippen LogP contribution in [0.4, 0.5) is 0 Å².